The molecule has 0 fully saturated rings. The van der Waals surface area contributed by atoms with E-state index in [-0.39, 0.29) is 6.04 Å². The molecule has 0 bridgehead atoms. The fraction of sp³-hybridized carbons (Fsp3) is 0.167. The number of hydrogen-bond acceptors (Lipinski definition) is 3. The summed E-state index contributed by atoms with van der Waals surface area (Å²) in [6.07, 6.45) is 0.572. The molecule has 2 aromatic rings. The third-order valence-corrected chi connectivity index (χ3v) is 5.09. The third-order valence-electron chi connectivity index (χ3n) is 2.72. The molecule has 1 aromatic carbocycles. The number of hydrogen-bond donors (Lipinski definition) is 2. The standard InChI is InChI=1S/C12H10Cl4N2S/c13-8-3-1-2-6(11(8)15)4-9(18-17)7-5-10(14)19-12(7)16/h1-3,5,9,18H,4,17H2. The normalized spacial score (nSPS) is 12.7. The second kappa shape index (κ2) is 6.64. The van der Waals surface area contributed by atoms with Crippen LogP contribution < -0.4 is 11.3 Å². The smallest absolute Gasteiger partial charge is 0.0992 e. The molecule has 1 heterocycles. The highest BCUT2D eigenvalue weighted by atomic mass is 35.5. The van der Waals surface area contributed by atoms with E-state index in [2.05, 4.69) is 5.43 Å². The fourth-order valence-corrected chi connectivity index (χ4v) is 3.75. The summed E-state index contributed by atoms with van der Waals surface area (Å²) in [5.74, 6) is 5.60. The second-order valence-electron chi connectivity index (χ2n) is 3.92. The quantitative estimate of drug-likeness (QED) is 0.590. The molecule has 0 aliphatic heterocycles. The highest BCUT2D eigenvalue weighted by molar-refractivity contribution is 7.20. The lowest BCUT2D eigenvalue weighted by Gasteiger charge is -2.16. The lowest BCUT2D eigenvalue weighted by atomic mass is 10.0. The summed E-state index contributed by atoms with van der Waals surface area (Å²) in [6, 6.07) is 7.12. The number of nitrogens with two attached hydrogens (primary N) is 1. The van der Waals surface area contributed by atoms with Gasteiger partial charge in [-0.15, -0.1) is 11.3 Å². The van der Waals surface area contributed by atoms with E-state index in [4.69, 9.17) is 52.2 Å². The number of hydrazine groups is 1. The Kier molecular flexibility index (Phi) is 5.37. The van der Waals surface area contributed by atoms with Crippen molar-refractivity contribution >= 4 is 57.7 Å². The number of rotatable bonds is 4. The summed E-state index contributed by atoms with van der Waals surface area (Å²) in [5.41, 5.74) is 4.48. The molecule has 0 aliphatic carbocycles. The van der Waals surface area contributed by atoms with Crippen LogP contribution >= 0.6 is 57.7 Å². The van der Waals surface area contributed by atoms with Crippen molar-refractivity contribution in [2.75, 3.05) is 0 Å². The van der Waals surface area contributed by atoms with Gasteiger partial charge in [0.2, 0.25) is 0 Å². The predicted molar refractivity (Wildman–Crippen MR) is 84.6 cm³/mol. The Labute approximate surface area is 135 Å². The summed E-state index contributed by atoms with van der Waals surface area (Å²) in [5, 5.41) is 1.05. The van der Waals surface area contributed by atoms with Gasteiger partial charge in [-0.1, -0.05) is 58.5 Å². The van der Waals surface area contributed by atoms with Crippen molar-refractivity contribution in [1.29, 1.82) is 0 Å². The van der Waals surface area contributed by atoms with Crippen molar-refractivity contribution in [3.63, 3.8) is 0 Å². The van der Waals surface area contributed by atoms with Crippen molar-refractivity contribution in [2.45, 2.75) is 12.5 Å². The van der Waals surface area contributed by atoms with Crippen molar-refractivity contribution in [2.24, 2.45) is 5.84 Å². The molecule has 0 radical (unpaired) electrons. The van der Waals surface area contributed by atoms with Crippen LogP contribution in [-0.2, 0) is 6.42 Å². The maximum Gasteiger partial charge on any atom is 0.0992 e. The fourth-order valence-electron chi connectivity index (χ4n) is 1.78. The average Bonchev–Trinajstić information content (AvgIpc) is 2.70. The van der Waals surface area contributed by atoms with Crippen LogP contribution in [0.2, 0.25) is 18.7 Å². The Bertz CT molecular complexity index is 585. The van der Waals surface area contributed by atoms with E-state index in [1.54, 1.807) is 12.1 Å². The van der Waals surface area contributed by atoms with Gasteiger partial charge in [0.15, 0.2) is 0 Å². The summed E-state index contributed by atoms with van der Waals surface area (Å²) in [7, 11) is 0. The zero-order valence-corrected chi connectivity index (χ0v) is 13.4. The molecule has 7 heteroatoms. The SMILES string of the molecule is NNC(Cc1cccc(Cl)c1Cl)c1cc(Cl)sc1Cl. The number of benzene rings is 1. The van der Waals surface area contributed by atoms with Gasteiger partial charge >= 0.3 is 0 Å². The van der Waals surface area contributed by atoms with Crippen molar-refractivity contribution in [1.82, 2.24) is 5.43 Å². The van der Waals surface area contributed by atoms with Gasteiger partial charge in [-0.05, 0) is 24.1 Å². The van der Waals surface area contributed by atoms with Gasteiger partial charge in [0.05, 0.1) is 24.8 Å². The molecule has 1 aromatic heterocycles. The van der Waals surface area contributed by atoms with Crippen LogP contribution in [-0.4, -0.2) is 0 Å². The summed E-state index contributed by atoms with van der Waals surface area (Å²) < 4.78 is 1.24. The highest BCUT2D eigenvalue weighted by Gasteiger charge is 2.18. The van der Waals surface area contributed by atoms with Gasteiger partial charge in [-0.25, -0.2) is 0 Å². The van der Waals surface area contributed by atoms with Gasteiger partial charge in [0.1, 0.15) is 0 Å². The lowest BCUT2D eigenvalue weighted by molar-refractivity contribution is 0.554. The molecule has 0 amide bonds. The molecule has 1 atom stereocenters. The molecule has 3 N–H and O–H groups in total. The Balaban J connectivity index is 2.29. The van der Waals surface area contributed by atoms with Crippen LogP contribution in [0.3, 0.4) is 0 Å². The molecule has 0 saturated heterocycles. The minimum atomic E-state index is -0.174. The van der Waals surface area contributed by atoms with Crippen molar-refractivity contribution < 1.29 is 0 Å². The molecule has 1 unspecified atom stereocenters. The predicted octanol–water partition coefficient (Wildman–Crippen LogP) is 5.11. The van der Waals surface area contributed by atoms with Gasteiger partial charge in [-0.2, -0.15) is 0 Å². The summed E-state index contributed by atoms with van der Waals surface area (Å²) in [4.78, 5) is 0. The molecule has 19 heavy (non-hydrogen) atoms. The minimum Gasteiger partial charge on any atom is -0.271 e. The average molecular weight is 356 g/mol. The van der Waals surface area contributed by atoms with E-state index in [9.17, 15) is 0 Å². The highest BCUT2D eigenvalue weighted by Crippen LogP contribution is 2.37. The third kappa shape index (κ3) is 3.56. The molecule has 0 spiro atoms. The van der Waals surface area contributed by atoms with Gasteiger partial charge < -0.3 is 0 Å². The van der Waals surface area contributed by atoms with Gasteiger partial charge in [-0.3, -0.25) is 11.3 Å². The van der Waals surface area contributed by atoms with Crippen LogP contribution in [0.4, 0.5) is 0 Å². The minimum absolute atomic E-state index is 0.174. The van der Waals surface area contributed by atoms with E-state index in [1.807, 2.05) is 12.1 Å². The number of nitrogens with one attached hydrogen (secondary N) is 1. The Morgan fingerprint density at radius 1 is 1.21 bits per heavy atom. The number of halogens is 4. The Hall–Kier alpha value is -0.0000000000000000555. The maximum absolute atomic E-state index is 6.17. The van der Waals surface area contributed by atoms with E-state index < -0.39 is 0 Å². The lowest BCUT2D eigenvalue weighted by Crippen LogP contribution is -2.29. The van der Waals surface area contributed by atoms with Crippen LogP contribution in [0, 0.1) is 0 Å². The van der Waals surface area contributed by atoms with E-state index >= 15 is 0 Å². The van der Waals surface area contributed by atoms with Crippen molar-refractivity contribution in [3.8, 4) is 0 Å². The molecule has 2 rings (SSSR count). The second-order valence-corrected chi connectivity index (χ2v) is 6.99. The molecule has 2 nitrogen and oxygen atoms in total. The topological polar surface area (TPSA) is 38.0 Å². The van der Waals surface area contributed by atoms with Gasteiger partial charge in [0, 0.05) is 5.56 Å². The van der Waals surface area contributed by atoms with Gasteiger partial charge in [0.25, 0.3) is 0 Å². The summed E-state index contributed by atoms with van der Waals surface area (Å²) >= 11 is 25.5. The first-order valence-electron chi connectivity index (χ1n) is 5.36. The van der Waals surface area contributed by atoms with E-state index in [1.165, 1.54) is 11.3 Å². The molecule has 0 saturated carbocycles. The molecule has 102 valence electrons. The van der Waals surface area contributed by atoms with Crippen LogP contribution in [0.15, 0.2) is 24.3 Å². The monoisotopic (exact) mass is 354 g/mol. The first-order chi connectivity index (χ1) is 9.02. The zero-order chi connectivity index (χ0) is 14.0. The van der Waals surface area contributed by atoms with Crippen LogP contribution in [0.1, 0.15) is 17.2 Å². The van der Waals surface area contributed by atoms with E-state index in [0.717, 1.165) is 11.1 Å². The van der Waals surface area contributed by atoms with E-state index in [0.29, 0.717) is 25.1 Å². The van der Waals surface area contributed by atoms with Crippen molar-refractivity contribution in [3.05, 3.63) is 54.1 Å². The molecular weight excluding hydrogens is 346 g/mol. The maximum atomic E-state index is 6.17. The van der Waals surface area contributed by atoms with Crippen LogP contribution in [0.25, 0.3) is 0 Å². The first-order valence-corrected chi connectivity index (χ1v) is 7.69. The zero-order valence-electron chi connectivity index (χ0n) is 9.59. The Morgan fingerprint density at radius 2 is 1.95 bits per heavy atom. The largest absolute Gasteiger partial charge is 0.271 e. The molecular formula is C12H10Cl4N2S. The van der Waals surface area contributed by atoms with Crippen LogP contribution in [0.5, 0.6) is 0 Å². The number of thiophene rings is 1. The first kappa shape index (κ1) is 15.4. The molecule has 0 aliphatic rings. The summed E-state index contributed by atoms with van der Waals surface area (Å²) in [6.45, 7) is 0. The Morgan fingerprint density at radius 3 is 2.53 bits per heavy atom.